The van der Waals surface area contributed by atoms with Crippen LogP contribution in [0.25, 0.3) is 0 Å². The van der Waals surface area contributed by atoms with Crippen LogP contribution in [-0.2, 0) is 76.3 Å². The first kappa shape index (κ1) is 39.2. The second-order valence-corrected chi connectivity index (χ2v) is 31.9. The minimum Gasteiger partial charge on any atom is -0.462 e. The predicted octanol–water partition coefficient (Wildman–Crippen LogP) is 18.3. The SMILES string of the molecule is [2H]C1=C([2H])[C@]([2H])(C)[C@H](CCC2C[C@@H](O)C([2H])([2H])C(=O)O2)[C@@H]2C1=C([2H])[C@]([2H])(C([2H])([2H])[2H])C([2H])([2H])C2OC(=O)C(C)(C)CC.[2H]C1=C([2H])[C@]([2H])(C)[C@H](CCC2C[C@@H](O)CC(=O)O2)[C@@H]2C1=C([2H])[C@]([2H])(C([2H])([2H])[2H])C([2H])([2H])C2OC(=O)C(C([2H])([2H])[2H])(C([2H])([2H])[2H])C([2H])([2H])C([2H])([2H])[2H].[2H]C1=C([2H])[C@]([2H])(C)[C@H](CCC2C[C@@H](O)CC(=O)O2)[C@@H]2C1=C([2H])[C@]([2H])(C([2H])([2H])[2H])C([2H])([2H])C2OC(=O)C(C([2H])([2H])[2H])(C([2H])([2H])[2H])C([2H])([2H])C([2H])([2H])[2H].[2H]C1=C([2H])[C@]([2H])(C)[C@H](CCC2C[C@@H](O)CC(=O)O2)[C@@H]2C1=C([2H])[C@]([2H])(C([2H])([2H])[2H])C([2H])([2H])C2OC(=O)C(CC)(C([2H])([2H])[2H])C([2H])([2H])[2H]. The van der Waals surface area contributed by atoms with Gasteiger partial charge in [-0.25, -0.2) is 0 Å². The molecule has 4 aliphatic heterocycles. The van der Waals surface area contributed by atoms with Gasteiger partial charge in [0.05, 0.1) is 88.2 Å². The van der Waals surface area contributed by atoms with Crippen LogP contribution in [0.4, 0.5) is 0 Å². The lowest BCUT2D eigenvalue weighted by Crippen LogP contribution is -2.43. The van der Waals surface area contributed by atoms with Crippen molar-refractivity contribution in [1.29, 1.82) is 0 Å². The maximum Gasteiger partial charge on any atom is 0.311 e. The lowest BCUT2D eigenvalue weighted by molar-refractivity contribution is -0.166. The minimum absolute atomic E-state index is 0.0121. The van der Waals surface area contributed by atoms with Crippen molar-refractivity contribution < 1.29 is 193 Å². The van der Waals surface area contributed by atoms with Gasteiger partial charge in [-0.3, -0.25) is 38.4 Å². The Morgan fingerprint density at radius 3 is 0.917 bits per heavy atom. The van der Waals surface area contributed by atoms with Crippen molar-refractivity contribution >= 4 is 47.8 Å². The fraction of sp³-hybridized carbons (Fsp3) is 0.760. The fourth-order valence-corrected chi connectivity index (χ4v) is 15.5. The first-order chi connectivity index (χ1) is 84.3. The molecular weight excluding hydrogens is 1520 g/mol. The van der Waals surface area contributed by atoms with Gasteiger partial charge in [0.2, 0.25) is 0 Å². The minimum atomic E-state index is -4.63. The highest BCUT2D eigenvalue weighted by atomic mass is 16.6. The number of carbonyl (C=O) groups is 8. The van der Waals surface area contributed by atoms with E-state index in [0.717, 1.165) is 20.8 Å². The molecule has 12 aliphatic rings. The molecule has 8 unspecified atom stereocenters. The van der Waals surface area contributed by atoms with Crippen LogP contribution >= 0.6 is 0 Å². The van der Waals surface area contributed by atoms with Crippen LogP contribution in [0.1, 0.15) is 387 Å². The van der Waals surface area contributed by atoms with E-state index in [9.17, 15) is 58.8 Å². The van der Waals surface area contributed by atoms with E-state index in [2.05, 4.69) is 0 Å². The highest BCUT2D eigenvalue weighted by Gasteiger charge is 2.50. The summed E-state index contributed by atoms with van der Waals surface area (Å²) in [6, 6.07) is -12.0. The van der Waals surface area contributed by atoms with E-state index in [1.807, 2.05) is 0 Å². The van der Waals surface area contributed by atoms with Crippen LogP contribution in [0.15, 0.2) is 94.9 Å². The molecule has 20 nitrogen and oxygen atoms in total. The normalized spacial score (nSPS) is 54.6. The van der Waals surface area contributed by atoms with Gasteiger partial charge < -0.3 is 58.3 Å². The molecule has 0 spiro atoms. The lowest BCUT2D eigenvalue weighted by Gasteiger charge is -2.44. The van der Waals surface area contributed by atoms with E-state index < -0.39 is 478 Å². The summed E-state index contributed by atoms with van der Waals surface area (Å²) >= 11 is 0. The van der Waals surface area contributed by atoms with Gasteiger partial charge in [0, 0.05) is 129 Å². The standard InChI is InChI=1S/4C25H38O5/c4*1-6-25(4,5)24(28)30-21-12-15(2)11-17-8-7-16(3)20(23(17)21)10-9-19-13-18(26)14-22(27)29-19/h4*7-8,11,15-16,18-21,23,26H,6,9-10,12-14H2,1-5H3/t4*15-,16-,18+,19?,20-,21?,23-/m0000/s1/i2*1D3,2D3,4D3,5D3,6D2,7D,8D,11D,12D2,15D,16D;2D3,4D3,5D3,7D,8D,11D,12D2,15D,16D;2D3,7D,8D,11D,12D2,14D2,15D,16D. The molecule has 672 valence electrons. The highest BCUT2D eigenvalue weighted by Crippen LogP contribution is 2.51. The molecule has 120 heavy (non-hydrogen) atoms. The summed E-state index contributed by atoms with van der Waals surface area (Å²) in [5.74, 6) is -48.5. The number of rotatable bonds is 24. The predicted molar refractivity (Wildman–Crippen MR) is 462 cm³/mol. The van der Waals surface area contributed by atoms with E-state index >= 15 is 0 Å². The summed E-state index contributed by atoms with van der Waals surface area (Å²) in [4.78, 5) is 104. The van der Waals surface area contributed by atoms with Crippen LogP contribution < -0.4 is 0 Å². The molecule has 0 amide bonds. The molecule has 28 atom stereocenters. The average molecular weight is 1740 g/mol. The topological polar surface area (TPSA) is 291 Å². The number of fused-ring (bicyclic) bond motifs is 4. The highest BCUT2D eigenvalue weighted by molar-refractivity contribution is 5.78. The van der Waals surface area contributed by atoms with Gasteiger partial charge in [-0.05, 0) is 251 Å². The van der Waals surface area contributed by atoms with Gasteiger partial charge in [0.1, 0.15) is 48.8 Å². The monoisotopic (exact) mass is 1740 g/mol. The third-order valence-corrected chi connectivity index (χ3v) is 22.5. The second kappa shape index (κ2) is 42.5. The zero-order valence-corrected chi connectivity index (χ0v) is 67.4. The Hall–Kier alpha value is -6.48. The largest absolute Gasteiger partial charge is 0.462 e. The van der Waals surface area contributed by atoms with Crippen molar-refractivity contribution in [2.75, 3.05) is 0 Å². The molecule has 20 heteroatoms. The van der Waals surface area contributed by atoms with Gasteiger partial charge in [-0.15, -0.1) is 0 Å². The Balaban J connectivity index is 0.000000276. The average Bonchev–Trinajstić information content (AvgIpc) is 0.677. The van der Waals surface area contributed by atoms with Crippen LogP contribution in [0.5, 0.6) is 0 Å². The Labute approximate surface area is 816 Å². The fourth-order valence-electron chi connectivity index (χ4n) is 15.5. The van der Waals surface area contributed by atoms with Gasteiger partial charge in [0.15, 0.2) is 0 Å². The first-order valence-electron chi connectivity index (χ1n) is 74.3. The number of allylic oxidation sites excluding steroid dienone is 12. The van der Waals surface area contributed by atoms with Gasteiger partial charge in [-0.1, -0.05) is 155 Å². The Morgan fingerprint density at radius 1 is 0.417 bits per heavy atom. The van der Waals surface area contributed by atoms with Crippen LogP contribution in [0.3, 0.4) is 0 Å². The van der Waals surface area contributed by atoms with Crippen LogP contribution in [0.2, 0.25) is 0 Å². The summed E-state index contributed by atoms with van der Waals surface area (Å²) in [7, 11) is 0. The summed E-state index contributed by atoms with van der Waals surface area (Å²) in [6.07, 6.45) is -49.8. The number of aliphatic hydroxyl groups is 4. The van der Waals surface area contributed by atoms with E-state index in [1.165, 1.54) is 27.7 Å². The van der Waals surface area contributed by atoms with E-state index in [0.29, 0.717) is 0 Å². The smallest absolute Gasteiger partial charge is 0.311 e. The summed E-state index contributed by atoms with van der Waals surface area (Å²) in [6.45, 7) is -37.5. The van der Waals surface area contributed by atoms with Gasteiger partial charge in [0.25, 0.3) is 0 Å². The van der Waals surface area contributed by atoms with Crippen molar-refractivity contribution in [2.24, 2.45) is 116 Å². The molecule has 4 heterocycles. The maximum absolute atomic E-state index is 14.2. The molecule has 0 aromatic carbocycles. The lowest BCUT2D eigenvalue weighted by atomic mass is 9.65. The quantitative estimate of drug-likeness (QED) is 0.0516. The zero-order chi connectivity index (χ0) is 149. The number of aliphatic hydroxyl groups excluding tert-OH is 4. The van der Waals surface area contributed by atoms with Gasteiger partial charge in [-0.2, -0.15) is 0 Å². The van der Waals surface area contributed by atoms with E-state index in [4.69, 9.17) is 134 Å². The van der Waals surface area contributed by atoms with Crippen molar-refractivity contribution in [3.8, 4) is 0 Å². The summed E-state index contributed by atoms with van der Waals surface area (Å²) in [5.41, 5.74) is -16.6. The molecule has 0 aromatic heterocycles. The molecule has 4 fully saturated rings. The van der Waals surface area contributed by atoms with Crippen molar-refractivity contribution in [3.05, 3.63) is 94.9 Å². The van der Waals surface area contributed by atoms with Crippen molar-refractivity contribution in [2.45, 2.75) is 365 Å². The molecule has 0 bridgehead atoms. The summed E-state index contributed by atoms with van der Waals surface area (Å²) < 4.78 is 625. The Bertz CT molecular complexity index is 6790. The van der Waals surface area contributed by atoms with Crippen molar-refractivity contribution in [1.82, 2.24) is 0 Å². The first-order valence-corrected chi connectivity index (χ1v) is 39.3. The van der Waals surface area contributed by atoms with Gasteiger partial charge >= 0.3 is 47.8 Å². The molecule has 12 rings (SSSR count). The molecule has 4 saturated heterocycles. The third-order valence-electron chi connectivity index (χ3n) is 22.5. The molecule has 4 N–H and O–H groups in total. The Kier molecular flexibility index (Phi) is 13.9. The third kappa shape index (κ3) is 25.9. The molecule has 0 saturated carbocycles. The summed E-state index contributed by atoms with van der Waals surface area (Å²) in [5, 5.41) is 40.4. The zero-order valence-electron chi connectivity index (χ0n) is 137. The van der Waals surface area contributed by atoms with Crippen LogP contribution in [-0.4, -0.2) is 141 Å². The van der Waals surface area contributed by atoms with Crippen molar-refractivity contribution in [3.63, 3.8) is 0 Å². The number of hydrogen-bond donors (Lipinski definition) is 4. The second-order valence-electron chi connectivity index (χ2n) is 31.9. The van der Waals surface area contributed by atoms with E-state index in [1.54, 1.807) is 6.92 Å². The molecular formula is C100H152O20. The Morgan fingerprint density at radius 2 is 0.675 bits per heavy atom. The number of carbonyl (C=O) groups excluding carboxylic acids is 8. The number of cyclic esters (lactones) is 4. The molecule has 0 radical (unpaired) electrons. The number of ether oxygens (including phenoxy) is 8. The molecule has 8 aliphatic carbocycles. The maximum atomic E-state index is 14.2. The number of esters is 8. The molecule has 0 aromatic rings. The van der Waals surface area contributed by atoms with Crippen LogP contribution in [0, 0.1) is 116 Å². The number of hydrogen-bond acceptors (Lipinski definition) is 20. The van der Waals surface area contributed by atoms with E-state index in [-0.39, 0.29) is 89.9 Å².